The number of aromatic nitrogens is 5. The van der Waals surface area contributed by atoms with E-state index in [2.05, 4.69) is 29.7 Å². The molecule has 3 aromatic rings. The first-order chi connectivity index (χ1) is 10.1. The van der Waals surface area contributed by atoms with Crippen molar-refractivity contribution in [1.29, 1.82) is 0 Å². The molecule has 0 saturated carbocycles. The van der Waals surface area contributed by atoms with Gasteiger partial charge in [0.1, 0.15) is 11.2 Å². The standard InChI is InChI=1S/C11H10N6O3S/c18-21(19,11-6-13-20-8-11)14-5-9-7-17(16-15-9)10-1-3-12-4-2-10/h1-4,6-8,14H,5H2. The van der Waals surface area contributed by atoms with Crippen molar-refractivity contribution in [2.24, 2.45) is 0 Å². The van der Waals surface area contributed by atoms with Crippen molar-refractivity contribution < 1.29 is 12.9 Å². The Morgan fingerprint density at radius 2 is 2.10 bits per heavy atom. The van der Waals surface area contributed by atoms with Gasteiger partial charge in [-0.1, -0.05) is 10.4 Å². The maximum atomic E-state index is 11.9. The number of hydrogen-bond donors (Lipinski definition) is 1. The number of sulfonamides is 1. The van der Waals surface area contributed by atoms with Crippen LogP contribution in [0.3, 0.4) is 0 Å². The van der Waals surface area contributed by atoms with Gasteiger partial charge in [0.15, 0.2) is 0 Å². The fraction of sp³-hybridized carbons (Fsp3) is 0.0909. The Balaban J connectivity index is 1.71. The van der Waals surface area contributed by atoms with Crippen molar-refractivity contribution in [3.63, 3.8) is 0 Å². The normalized spacial score (nSPS) is 11.6. The van der Waals surface area contributed by atoms with Crippen molar-refractivity contribution in [2.75, 3.05) is 0 Å². The molecule has 0 spiro atoms. The molecule has 0 radical (unpaired) electrons. The lowest BCUT2D eigenvalue weighted by Gasteiger charge is -2.00. The van der Waals surface area contributed by atoms with E-state index in [0.717, 1.165) is 18.1 Å². The van der Waals surface area contributed by atoms with Gasteiger partial charge in [0.05, 0.1) is 30.3 Å². The molecule has 10 heteroatoms. The molecule has 0 aliphatic rings. The minimum Gasteiger partial charge on any atom is -0.363 e. The van der Waals surface area contributed by atoms with E-state index in [1.807, 2.05) is 0 Å². The summed E-state index contributed by atoms with van der Waals surface area (Å²) >= 11 is 0. The van der Waals surface area contributed by atoms with Gasteiger partial charge in [0.2, 0.25) is 10.0 Å². The smallest absolute Gasteiger partial charge is 0.245 e. The van der Waals surface area contributed by atoms with E-state index in [4.69, 9.17) is 0 Å². The summed E-state index contributed by atoms with van der Waals surface area (Å²) in [7, 11) is -3.66. The zero-order valence-electron chi connectivity index (χ0n) is 10.6. The van der Waals surface area contributed by atoms with Crippen LogP contribution in [0.2, 0.25) is 0 Å². The number of rotatable bonds is 5. The summed E-state index contributed by atoms with van der Waals surface area (Å²) in [5.41, 5.74) is 1.26. The molecule has 9 nitrogen and oxygen atoms in total. The third kappa shape index (κ3) is 2.95. The Morgan fingerprint density at radius 3 is 2.81 bits per heavy atom. The van der Waals surface area contributed by atoms with Crippen LogP contribution < -0.4 is 4.72 Å². The molecule has 0 saturated heterocycles. The summed E-state index contributed by atoms with van der Waals surface area (Å²) in [5.74, 6) is 0. The van der Waals surface area contributed by atoms with E-state index in [1.165, 1.54) is 4.68 Å². The Morgan fingerprint density at radius 1 is 1.29 bits per heavy atom. The lowest BCUT2D eigenvalue weighted by Crippen LogP contribution is -2.23. The van der Waals surface area contributed by atoms with Gasteiger partial charge in [0, 0.05) is 12.4 Å². The molecule has 1 N–H and O–H groups in total. The van der Waals surface area contributed by atoms with E-state index in [9.17, 15) is 8.42 Å². The fourth-order valence-electron chi connectivity index (χ4n) is 1.58. The lowest BCUT2D eigenvalue weighted by molar-refractivity contribution is 0.417. The van der Waals surface area contributed by atoms with Crippen molar-refractivity contribution in [3.8, 4) is 5.69 Å². The number of nitrogens with zero attached hydrogens (tertiary/aromatic N) is 5. The molecule has 0 fully saturated rings. The maximum absolute atomic E-state index is 11.9. The summed E-state index contributed by atoms with van der Waals surface area (Å²) in [4.78, 5) is 3.87. The Bertz CT molecular complexity index is 813. The summed E-state index contributed by atoms with van der Waals surface area (Å²) in [6, 6.07) is 3.53. The van der Waals surface area contributed by atoms with Gasteiger partial charge < -0.3 is 4.52 Å². The lowest BCUT2D eigenvalue weighted by atomic mass is 10.4. The van der Waals surface area contributed by atoms with Crippen LogP contribution in [0.1, 0.15) is 5.69 Å². The molecule has 3 heterocycles. The van der Waals surface area contributed by atoms with Crippen LogP contribution in [0.25, 0.3) is 5.69 Å². The van der Waals surface area contributed by atoms with Crippen LogP contribution in [0.5, 0.6) is 0 Å². The van der Waals surface area contributed by atoms with Crippen LogP contribution in [-0.2, 0) is 16.6 Å². The zero-order valence-corrected chi connectivity index (χ0v) is 11.4. The first-order valence-corrected chi connectivity index (χ1v) is 7.34. The van der Waals surface area contributed by atoms with Crippen LogP contribution >= 0.6 is 0 Å². The van der Waals surface area contributed by atoms with Gasteiger partial charge >= 0.3 is 0 Å². The van der Waals surface area contributed by atoms with Gasteiger partial charge in [-0.15, -0.1) is 5.10 Å². The van der Waals surface area contributed by atoms with E-state index in [-0.39, 0.29) is 11.4 Å². The first kappa shape index (κ1) is 13.4. The molecule has 0 aliphatic carbocycles. The van der Waals surface area contributed by atoms with Crippen LogP contribution in [0, 0.1) is 0 Å². The molecule has 3 rings (SSSR count). The predicted molar refractivity (Wildman–Crippen MR) is 69.7 cm³/mol. The highest BCUT2D eigenvalue weighted by Gasteiger charge is 2.16. The molecule has 0 atom stereocenters. The van der Waals surface area contributed by atoms with Crippen LogP contribution in [0.15, 0.2) is 52.6 Å². The monoisotopic (exact) mass is 306 g/mol. The molecule has 21 heavy (non-hydrogen) atoms. The second kappa shape index (κ2) is 5.42. The van der Waals surface area contributed by atoms with Crippen LogP contribution in [0.4, 0.5) is 0 Å². The topological polar surface area (TPSA) is 116 Å². The van der Waals surface area contributed by atoms with Crippen molar-refractivity contribution in [1.82, 2.24) is 29.9 Å². The summed E-state index contributed by atoms with van der Waals surface area (Å²) in [6.07, 6.45) is 7.06. The number of hydrogen-bond acceptors (Lipinski definition) is 7. The Kier molecular flexibility index (Phi) is 3.46. The largest absolute Gasteiger partial charge is 0.363 e. The molecule has 0 unspecified atom stereocenters. The molecule has 3 aromatic heterocycles. The highest BCUT2D eigenvalue weighted by Crippen LogP contribution is 2.08. The quantitative estimate of drug-likeness (QED) is 0.712. The van der Waals surface area contributed by atoms with Crippen molar-refractivity contribution >= 4 is 10.0 Å². The molecule has 0 aliphatic heterocycles. The van der Waals surface area contributed by atoms with Crippen molar-refractivity contribution in [3.05, 3.63) is 48.9 Å². The second-order valence-corrected chi connectivity index (χ2v) is 5.81. The Hall–Kier alpha value is -2.59. The minimum atomic E-state index is -3.66. The van der Waals surface area contributed by atoms with E-state index in [0.29, 0.717) is 5.69 Å². The van der Waals surface area contributed by atoms with E-state index in [1.54, 1.807) is 30.7 Å². The van der Waals surface area contributed by atoms with Gasteiger partial charge in [-0.05, 0) is 12.1 Å². The highest BCUT2D eigenvalue weighted by molar-refractivity contribution is 7.89. The second-order valence-electron chi connectivity index (χ2n) is 4.04. The molecule has 0 aromatic carbocycles. The van der Waals surface area contributed by atoms with E-state index < -0.39 is 10.0 Å². The van der Waals surface area contributed by atoms with Gasteiger partial charge in [-0.25, -0.2) is 17.8 Å². The van der Waals surface area contributed by atoms with Crippen LogP contribution in [-0.4, -0.2) is 33.6 Å². The van der Waals surface area contributed by atoms with Gasteiger partial charge in [-0.2, -0.15) is 0 Å². The Labute approximate surface area is 119 Å². The predicted octanol–water partition coefficient (Wildman–Crippen LogP) is 0.129. The first-order valence-electron chi connectivity index (χ1n) is 5.86. The third-order valence-electron chi connectivity index (χ3n) is 2.63. The molecule has 0 amide bonds. The highest BCUT2D eigenvalue weighted by atomic mass is 32.2. The summed E-state index contributed by atoms with van der Waals surface area (Å²) < 4.78 is 32.2. The van der Waals surface area contributed by atoms with Crippen molar-refractivity contribution in [2.45, 2.75) is 11.4 Å². The third-order valence-corrected chi connectivity index (χ3v) is 3.98. The fourth-order valence-corrected chi connectivity index (χ4v) is 2.44. The molecule has 108 valence electrons. The average molecular weight is 306 g/mol. The molecular formula is C11H10N6O3S. The molecule has 0 bridgehead atoms. The summed E-state index contributed by atoms with van der Waals surface area (Å²) in [5, 5.41) is 11.2. The number of nitrogens with one attached hydrogen (secondary N) is 1. The average Bonchev–Trinajstić information content (AvgIpc) is 3.18. The van der Waals surface area contributed by atoms with Gasteiger partial charge in [0.25, 0.3) is 0 Å². The molecular weight excluding hydrogens is 296 g/mol. The maximum Gasteiger partial charge on any atom is 0.245 e. The van der Waals surface area contributed by atoms with E-state index >= 15 is 0 Å². The minimum absolute atomic E-state index is 0.0125. The summed E-state index contributed by atoms with van der Waals surface area (Å²) in [6.45, 7) is 0.0125. The zero-order chi connectivity index (χ0) is 14.7. The van der Waals surface area contributed by atoms with Gasteiger partial charge in [-0.3, -0.25) is 4.98 Å². The SMILES string of the molecule is O=S(=O)(NCc1cn(-c2ccncc2)nn1)c1cnoc1. The number of pyridine rings is 1.